The summed E-state index contributed by atoms with van der Waals surface area (Å²) in [7, 11) is 0. The van der Waals surface area contributed by atoms with E-state index >= 15 is 0 Å². The van der Waals surface area contributed by atoms with Crippen LogP contribution in [0.5, 0.6) is 0 Å². The normalized spacial score (nSPS) is 24.7. The number of aromatic amines is 1. The number of aromatic nitrogens is 1. The molecule has 3 atom stereocenters. The van der Waals surface area contributed by atoms with Crippen LogP contribution >= 0.6 is 0 Å². The maximum atomic E-state index is 12.5. The van der Waals surface area contributed by atoms with Gasteiger partial charge in [-0.25, -0.2) is 0 Å². The second kappa shape index (κ2) is 6.94. The van der Waals surface area contributed by atoms with Crippen molar-refractivity contribution in [1.82, 2.24) is 20.9 Å². The van der Waals surface area contributed by atoms with Crippen LogP contribution in [0.2, 0.25) is 0 Å². The number of fused-ring (bicyclic) bond motifs is 1. The first-order valence-electron chi connectivity index (χ1n) is 8.06. The highest BCUT2D eigenvalue weighted by Crippen LogP contribution is 2.19. The molecule has 132 valence electrons. The van der Waals surface area contributed by atoms with Crippen LogP contribution in [0.15, 0.2) is 30.5 Å². The van der Waals surface area contributed by atoms with Gasteiger partial charge in [0.25, 0.3) is 0 Å². The van der Waals surface area contributed by atoms with E-state index in [2.05, 4.69) is 20.9 Å². The molecule has 1 aliphatic rings. The fraction of sp³-hybridized carbons (Fsp3) is 0.353. The van der Waals surface area contributed by atoms with Crippen molar-refractivity contribution in [1.29, 1.82) is 0 Å². The Balaban J connectivity index is 1.88. The number of para-hydroxylation sites is 1. The van der Waals surface area contributed by atoms with Crippen molar-refractivity contribution in [3.8, 4) is 0 Å². The molecule has 0 spiro atoms. The number of carbonyl (C=O) groups is 3. The molecule has 3 rings (SSSR count). The molecular formula is C17H20N4O4. The molecule has 0 radical (unpaired) electrons. The summed E-state index contributed by atoms with van der Waals surface area (Å²) < 4.78 is 0. The molecule has 5 N–H and O–H groups in total. The summed E-state index contributed by atoms with van der Waals surface area (Å²) in [6.07, 6.45) is 2.06. The second-order valence-electron chi connectivity index (χ2n) is 6.10. The average Bonchev–Trinajstić information content (AvgIpc) is 3.01. The molecule has 25 heavy (non-hydrogen) atoms. The van der Waals surface area contributed by atoms with Gasteiger partial charge in [0, 0.05) is 23.5 Å². The number of H-pyrrole nitrogens is 1. The lowest BCUT2D eigenvalue weighted by molar-refractivity contribution is -0.130. The first-order valence-corrected chi connectivity index (χ1v) is 8.06. The van der Waals surface area contributed by atoms with Gasteiger partial charge in [-0.1, -0.05) is 18.2 Å². The van der Waals surface area contributed by atoms with Crippen LogP contribution in [0.4, 0.5) is 0 Å². The van der Waals surface area contributed by atoms with Crippen LogP contribution in [0, 0.1) is 0 Å². The minimum Gasteiger partial charge on any atom is -0.394 e. The van der Waals surface area contributed by atoms with Crippen LogP contribution < -0.4 is 16.0 Å². The minimum atomic E-state index is -1.09. The zero-order valence-corrected chi connectivity index (χ0v) is 13.7. The van der Waals surface area contributed by atoms with E-state index in [4.69, 9.17) is 0 Å². The molecule has 1 aromatic heterocycles. The summed E-state index contributed by atoms with van der Waals surface area (Å²) in [5.41, 5.74) is 1.81. The van der Waals surface area contributed by atoms with Gasteiger partial charge in [0.2, 0.25) is 17.7 Å². The van der Waals surface area contributed by atoms with Gasteiger partial charge in [0.05, 0.1) is 6.61 Å². The van der Waals surface area contributed by atoms with E-state index in [-0.39, 0.29) is 6.42 Å². The minimum absolute atomic E-state index is 0.265. The van der Waals surface area contributed by atoms with Crippen molar-refractivity contribution in [2.24, 2.45) is 0 Å². The number of benzene rings is 1. The van der Waals surface area contributed by atoms with Crippen molar-refractivity contribution in [3.63, 3.8) is 0 Å². The molecule has 1 aliphatic heterocycles. The molecule has 8 nitrogen and oxygen atoms in total. The molecule has 0 saturated carbocycles. The first-order chi connectivity index (χ1) is 12.0. The summed E-state index contributed by atoms with van der Waals surface area (Å²) in [5, 5.41) is 17.9. The Kier molecular flexibility index (Phi) is 4.71. The Morgan fingerprint density at radius 1 is 0.960 bits per heavy atom. The highest BCUT2D eigenvalue weighted by molar-refractivity contribution is 5.97. The molecule has 8 heteroatoms. The number of hydrogen-bond donors (Lipinski definition) is 5. The van der Waals surface area contributed by atoms with Gasteiger partial charge in [-0.05, 0) is 18.6 Å². The van der Waals surface area contributed by atoms with E-state index in [0.717, 1.165) is 16.5 Å². The summed E-state index contributed by atoms with van der Waals surface area (Å²) in [5.74, 6) is -1.56. The van der Waals surface area contributed by atoms with Gasteiger partial charge >= 0.3 is 0 Å². The highest BCUT2D eigenvalue weighted by atomic mass is 16.3. The summed E-state index contributed by atoms with van der Waals surface area (Å²) in [6, 6.07) is 4.91. The van der Waals surface area contributed by atoms with Crippen molar-refractivity contribution < 1.29 is 19.5 Å². The van der Waals surface area contributed by atoms with E-state index in [1.807, 2.05) is 24.3 Å². The lowest BCUT2D eigenvalue weighted by Crippen LogP contribution is -2.52. The molecule has 0 bridgehead atoms. The standard InChI is InChI=1S/C17H20N4O4/c1-9-15(23)20-13(16(24)21-14(8-22)17(25)19-9)6-10-7-18-12-5-3-2-4-11(10)12/h2-5,7,9,13-14,18,22H,6,8H2,1H3,(H,19,25)(H,20,23)(H,21,24)/t9?,13-,14?/m0/s1. The molecular weight excluding hydrogens is 324 g/mol. The van der Waals surface area contributed by atoms with E-state index in [0.29, 0.717) is 0 Å². The number of aliphatic hydroxyl groups is 1. The largest absolute Gasteiger partial charge is 0.394 e. The molecule has 1 saturated heterocycles. The topological polar surface area (TPSA) is 123 Å². The molecule has 3 amide bonds. The smallest absolute Gasteiger partial charge is 0.245 e. The molecule has 2 aromatic rings. The Bertz CT molecular complexity index is 816. The quantitative estimate of drug-likeness (QED) is 0.500. The summed E-state index contributed by atoms with van der Waals surface area (Å²) >= 11 is 0. The fourth-order valence-electron chi connectivity index (χ4n) is 2.87. The third-order valence-corrected chi connectivity index (χ3v) is 4.30. The van der Waals surface area contributed by atoms with Crippen molar-refractivity contribution in [3.05, 3.63) is 36.0 Å². The van der Waals surface area contributed by atoms with Crippen LogP contribution in [0.3, 0.4) is 0 Å². The molecule has 2 unspecified atom stereocenters. The Hall–Kier alpha value is -2.87. The summed E-state index contributed by atoms with van der Waals surface area (Å²) in [4.78, 5) is 39.9. The number of nitrogens with one attached hydrogen (secondary N) is 4. The number of amides is 3. The molecule has 2 heterocycles. The third-order valence-electron chi connectivity index (χ3n) is 4.30. The lowest BCUT2D eigenvalue weighted by Gasteiger charge is -2.19. The zero-order valence-electron chi connectivity index (χ0n) is 13.7. The summed E-state index contributed by atoms with van der Waals surface area (Å²) in [6.45, 7) is 0.985. The Morgan fingerprint density at radius 2 is 1.64 bits per heavy atom. The van der Waals surface area contributed by atoms with Crippen molar-refractivity contribution >= 4 is 28.6 Å². The van der Waals surface area contributed by atoms with Gasteiger partial charge in [-0.15, -0.1) is 0 Å². The van der Waals surface area contributed by atoms with Crippen LogP contribution in [0.1, 0.15) is 12.5 Å². The van der Waals surface area contributed by atoms with E-state index in [9.17, 15) is 19.5 Å². The molecule has 1 fully saturated rings. The number of rotatable bonds is 3. The zero-order chi connectivity index (χ0) is 18.0. The van der Waals surface area contributed by atoms with Crippen molar-refractivity contribution in [2.45, 2.75) is 31.5 Å². The van der Waals surface area contributed by atoms with Crippen LogP contribution in [-0.4, -0.2) is 52.5 Å². The van der Waals surface area contributed by atoms with Crippen LogP contribution in [-0.2, 0) is 20.8 Å². The maximum absolute atomic E-state index is 12.5. The Morgan fingerprint density at radius 3 is 2.40 bits per heavy atom. The van der Waals surface area contributed by atoms with Gasteiger partial charge < -0.3 is 26.0 Å². The second-order valence-corrected chi connectivity index (χ2v) is 6.10. The average molecular weight is 344 g/mol. The number of carbonyl (C=O) groups excluding carboxylic acids is 3. The maximum Gasteiger partial charge on any atom is 0.245 e. The number of hydrogen-bond acceptors (Lipinski definition) is 4. The number of aliphatic hydroxyl groups excluding tert-OH is 1. The van der Waals surface area contributed by atoms with Crippen molar-refractivity contribution in [2.75, 3.05) is 6.61 Å². The van der Waals surface area contributed by atoms with Gasteiger partial charge in [-0.2, -0.15) is 0 Å². The highest BCUT2D eigenvalue weighted by Gasteiger charge is 2.32. The predicted molar refractivity (Wildman–Crippen MR) is 90.6 cm³/mol. The Labute approximate surface area is 144 Å². The fourth-order valence-corrected chi connectivity index (χ4v) is 2.87. The van der Waals surface area contributed by atoms with Gasteiger partial charge in [0.15, 0.2) is 0 Å². The van der Waals surface area contributed by atoms with Crippen LogP contribution in [0.25, 0.3) is 10.9 Å². The van der Waals surface area contributed by atoms with Gasteiger partial charge in [0.1, 0.15) is 18.1 Å². The van der Waals surface area contributed by atoms with E-state index < -0.39 is 42.5 Å². The van der Waals surface area contributed by atoms with E-state index in [1.54, 1.807) is 6.20 Å². The molecule has 1 aromatic carbocycles. The van der Waals surface area contributed by atoms with E-state index in [1.165, 1.54) is 6.92 Å². The SMILES string of the molecule is CC1NC(=O)C(CO)NC(=O)[C@H](Cc2c[nH]c3ccccc23)NC1=O. The lowest BCUT2D eigenvalue weighted by atomic mass is 10.0. The first kappa shape index (κ1) is 17.0. The monoisotopic (exact) mass is 344 g/mol. The molecule has 0 aliphatic carbocycles. The van der Waals surface area contributed by atoms with Gasteiger partial charge in [-0.3, -0.25) is 14.4 Å². The third kappa shape index (κ3) is 3.48. The predicted octanol–water partition coefficient (Wildman–Crippen LogP) is -0.809.